The van der Waals surface area contributed by atoms with Crippen molar-refractivity contribution in [2.45, 2.75) is 13.3 Å². The van der Waals surface area contributed by atoms with Gasteiger partial charge < -0.3 is 19.0 Å². The highest BCUT2D eigenvalue weighted by atomic mass is 16.5. The van der Waals surface area contributed by atoms with Crippen molar-refractivity contribution in [3.05, 3.63) is 42.1 Å². The Bertz CT molecular complexity index is 658. The first kappa shape index (κ1) is 15.4. The molecule has 6 nitrogen and oxygen atoms in total. The van der Waals surface area contributed by atoms with Crippen LogP contribution in [0.3, 0.4) is 0 Å². The van der Waals surface area contributed by atoms with Crippen LogP contribution in [0.2, 0.25) is 0 Å². The van der Waals surface area contributed by atoms with Crippen LogP contribution in [0.1, 0.15) is 11.5 Å². The Balaban J connectivity index is 1.55. The molecule has 2 heterocycles. The molecule has 0 saturated carbocycles. The maximum atomic E-state index is 12.3. The van der Waals surface area contributed by atoms with Crippen molar-refractivity contribution in [2.75, 3.05) is 38.2 Å². The van der Waals surface area contributed by atoms with Gasteiger partial charge in [-0.2, -0.15) is 0 Å². The summed E-state index contributed by atoms with van der Waals surface area (Å²) in [7, 11) is 1.66. The van der Waals surface area contributed by atoms with Gasteiger partial charge in [-0.1, -0.05) is 0 Å². The van der Waals surface area contributed by atoms with Crippen molar-refractivity contribution in [3.8, 4) is 5.75 Å². The zero-order valence-electron chi connectivity index (χ0n) is 13.5. The number of nitrogens with zero attached hydrogens (tertiary/aromatic N) is 3. The third-order valence-electron chi connectivity index (χ3n) is 4.23. The number of hydrogen-bond acceptors (Lipinski definition) is 5. The second kappa shape index (κ2) is 6.73. The average molecular weight is 315 g/mol. The maximum Gasteiger partial charge on any atom is 0.230 e. The topological polar surface area (TPSA) is 58.8 Å². The fraction of sp³-hybridized carbons (Fsp3) is 0.412. The summed E-state index contributed by atoms with van der Waals surface area (Å²) in [6, 6.07) is 8.02. The number of aromatic nitrogens is 1. The number of ether oxygens (including phenoxy) is 1. The van der Waals surface area contributed by atoms with E-state index >= 15 is 0 Å². The van der Waals surface area contributed by atoms with Crippen LogP contribution in [0, 0.1) is 6.92 Å². The van der Waals surface area contributed by atoms with E-state index in [1.54, 1.807) is 7.11 Å². The molecule has 1 aliphatic rings. The number of carbonyl (C=O) groups excluding carboxylic acids is 1. The van der Waals surface area contributed by atoms with E-state index in [2.05, 4.69) is 9.88 Å². The minimum atomic E-state index is 0.0965. The third kappa shape index (κ3) is 3.47. The van der Waals surface area contributed by atoms with Gasteiger partial charge in [-0.25, -0.2) is 4.98 Å². The summed E-state index contributed by atoms with van der Waals surface area (Å²) in [6.07, 6.45) is 1.67. The predicted octanol–water partition coefficient (Wildman–Crippen LogP) is 1.88. The van der Waals surface area contributed by atoms with Crippen LogP contribution in [-0.4, -0.2) is 49.1 Å². The first-order chi connectivity index (χ1) is 11.2. The molecular weight excluding hydrogens is 294 g/mol. The van der Waals surface area contributed by atoms with Crippen molar-refractivity contribution in [1.29, 1.82) is 0 Å². The Labute approximate surface area is 135 Å². The lowest BCUT2D eigenvalue weighted by atomic mass is 10.2. The standard InChI is InChI=1S/C17H21N3O3/c1-13-16(23-12-18-13)11-17(21)20-9-7-19(8-10-20)14-3-5-15(22-2)6-4-14/h3-6,12H,7-11H2,1-2H3. The molecule has 1 aliphatic heterocycles. The number of piperazine rings is 1. The number of hydrogen-bond donors (Lipinski definition) is 0. The van der Waals surface area contributed by atoms with Crippen LogP contribution in [-0.2, 0) is 11.2 Å². The second-order valence-corrected chi connectivity index (χ2v) is 5.60. The monoisotopic (exact) mass is 315 g/mol. The normalized spacial score (nSPS) is 14.9. The molecule has 1 amide bonds. The lowest BCUT2D eigenvalue weighted by molar-refractivity contribution is -0.131. The highest BCUT2D eigenvalue weighted by Gasteiger charge is 2.22. The lowest BCUT2D eigenvalue weighted by Gasteiger charge is -2.36. The van der Waals surface area contributed by atoms with Crippen LogP contribution < -0.4 is 9.64 Å². The molecule has 0 atom stereocenters. The van der Waals surface area contributed by atoms with E-state index in [4.69, 9.17) is 9.15 Å². The van der Waals surface area contributed by atoms with Gasteiger partial charge in [0.25, 0.3) is 0 Å². The maximum absolute atomic E-state index is 12.3. The molecule has 0 spiro atoms. The molecule has 3 rings (SSSR count). The highest BCUT2D eigenvalue weighted by Crippen LogP contribution is 2.20. The van der Waals surface area contributed by atoms with Gasteiger partial charge >= 0.3 is 0 Å². The van der Waals surface area contributed by atoms with Gasteiger partial charge in [0.1, 0.15) is 11.5 Å². The molecule has 1 aromatic heterocycles. The summed E-state index contributed by atoms with van der Waals surface area (Å²) < 4.78 is 10.4. The molecule has 0 unspecified atom stereocenters. The first-order valence-electron chi connectivity index (χ1n) is 7.73. The molecule has 1 aromatic carbocycles. The molecule has 122 valence electrons. The van der Waals surface area contributed by atoms with Crippen LogP contribution >= 0.6 is 0 Å². The van der Waals surface area contributed by atoms with Crippen molar-refractivity contribution in [1.82, 2.24) is 9.88 Å². The van der Waals surface area contributed by atoms with E-state index in [1.807, 2.05) is 36.1 Å². The number of anilines is 1. The molecule has 6 heteroatoms. The molecule has 1 saturated heterocycles. The number of benzene rings is 1. The predicted molar refractivity (Wildman–Crippen MR) is 86.7 cm³/mol. The van der Waals surface area contributed by atoms with Crippen molar-refractivity contribution >= 4 is 11.6 Å². The van der Waals surface area contributed by atoms with Crippen LogP contribution in [0.15, 0.2) is 35.1 Å². The fourth-order valence-corrected chi connectivity index (χ4v) is 2.75. The van der Waals surface area contributed by atoms with Crippen LogP contribution in [0.25, 0.3) is 0 Å². The van der Waals surface area contributed by atoms with Crippen molar-refractivity contribution < 1.29 is 13.9 Å². The first-order valence-corrected chi connectivity index (χ1v) is 7.73. The van der Waals surface area contributed by atoms with E-state index < -0.39 is 0 Å². The Morgan fingerprint density at radius 3 is 2.48 bits per heavy atom. The van der Waals surface area contributed by atoms with Gasteiger partial charge in [0.2, 0.25) is 5.91 Å². The Morgan fingerprint density at radius 2 is 1.91 bits per heavy atom. The van der Waals surface area contributed by atoms with Crippen LogP contribution in [0.5, 0.6) is 5.75 Å². The number of aryl methyl sites for hydroxylation is 1. The summed E-state index contributed by atoms with van der Waals surface area (Å²) in [5.74, 6) is 1.61. The van der Waals surface area contributed by atoms with E-state index in [1.165, 1.54) is 6.39 Å². The molecule has 1 fully saturated rings. The summed E-state index contributed by atoms with van der Waals surface area (Å²) >= 11 is 0. The minimum absolute atomic E-state index is 0.0965. The molecule has 23 heavy (non-hydrogen) atoms. The number of amides is 1. The second-order valence-electron chi connectivity index (χ2n) is 5.60. The number of oxazole rings is 1. The summed E-state index contributed by atoms with van der Waals surface area (Å²) in [5, 5.41) is 0. The van der Waals surface area contributed by atoms with Crippen molar-refractivity contribution in [2.24, 2.45) is 0 Å². The zero-order valence-corrected chi connectivity index (χ0v) is 13.5. The van der Waals surface area contributed by atoms with Gasteiger partial charge in [0.15, 0.2) is 6.39 Å². The highest BCUT2D eigenvalue weighted by molar-refractivity contribution is 5.78. The van der Waals surface area contributed by atoms with Crippen molar-refractivity contribution in [3.63, 3.8) is 0 Å². The average Bonchev–Trinajstić information content (AvgIpc) is 3.00. The Hall–Kier alpha value is -2.50. The van der Waals surface area contributed by atoms with Gasteiger partial charge in [-0.15, -0.1) is 0 Å². The molecule has 0 aliphatic carbocycles. The number of rotatable bonds is 4. The largest absolute Gasteiger partial charge is 0.497 e. The number of methoxy groups -OCH3 is 1. The van der Waals surface area contributed by atoms with Gasteiger partial charge in [0.05, 0.1) is 19.2 Å². The quantitative estimate of drug-likeness (QED) is 0.862. The van der Waals surface area contributed by atoms with Gasteiger partial charge in [-0.05, 0) is 31.2 Å². The van der Waals surface area contributed by atoms with Gasteiger partial charge in [0, 0.05) is 31.9 Å². The lowest BCUT2D eigenvalue weighted by Crippen LogP contribution is -2.49. The van der Waals surface area contributed by atoms with E-state index in [-0.39, 0.29) is 12.3 Å². The third-order valence-corrected chi connectivity index (χ3v) is 4.23. The number of carbonyl (C=O) groups is 1. The molecule has 2 aromatic rings. The van der Waals surface area contributed by atoms with E-state index in [0.29, 0.717) is 5.76 Å². The molecule has 0 N–H and O–H groups in total. The van der Waals surface area contributed by atoms with E-state index in [0.717, 1.165) is 43.3 Å². The Morgan fingerprint density at radius 1 is 1.22 bits per heavy atom. The van der Waals surface area contributed by atoms with E-state index in [9.17, 15) is 4.79 Å². The SMILES string of the molecule is COc1ccc(N2CCN(C(=O)Cc3ocnc3C)CC2)cc1. The zero-order chi connectivity index (χ0) is 16.2. The van der Waals surface area contributed by atoms with Gasteiger partial charge in [-0.3, -0.25) is 4.79 Å². The molecule has 0 radical (unpaired) electrons. The summed E-state index contributed by atoms with van der Waals surface area (Å²) in [6.45, 7) is 4.95. The molecular formula is C17H21N3O3. The van der Waals surface area contributed by atoms with Crippen LogP contribution in [0.4, 0.5) is 5.69 Å². The summed E-state index contributed by atoms with van der Waals surface area (Å²) in [4.78, 5) is 20.5. The molecule has 0 bridgehead atoms. The minimum Gasteiger partial charge on any atom is -0.497 e. The smallest absolute Gasteiger partial charge is 0.230 e. The fourth-order valence-electron chi connectivity index (χ4n) is 2.75. The Kier molecular flexibility index (Phi) is 4.50. The summed E-state index contributed by atoms with van der Waals surface area (Å²) in [5.41, 5.74) is 1.94.